The quantitative estimate of drug-likeness (QED) is 0.200. The van der Waals surface area contributed by atoms with Gasteiger partial charge in [0.1, 0.15) is 11.5 Å². The molecule has 0 radical (unpaired) electrons. The van der Waals surface area contributed by atoms with Crippen molar-refractivity contribution in [2.24, 2.45) is 0 Å². The van der Waals surface area contributed by atoms with Crippen LogP contribution in [0.3, 0.4) is 0 Å². The van der Waals surface area contributed by atoms with E-state index in [1.54, 1.807) is 26.4 Å². The molecule has 2 heterocycles. The molecule has 0 spiro atoms. The van der Waals surface area contributed by atoms with Crippen LogP contribution in [0, 0.1) is 0 Å². The predicted octanol–water partition coefficient (Wildman–Crippen LogP) is 4.21. The van der Waals surface area contributed by atoms with Crippen molar-refractivity contribution in [3.8, 4) is 11.5 Å². The highest BCUT2D eigenvalue weighted by Crippen LogP contribution is 2.31. The summed E-state index contributed by atoms with van der Waals surface area (Å²) in [6.45, 7) is 4.48. The fourth-order valence-corrected chi connectivity index (χ4v) is 6.97. The van der Waals surface area contributed by atoms with Crippen molar-refractivity contribution in [1.29, 1.82) is 0 Å². The van der Waals surface area contributed by atoms with Gasteiger partial charge in [0.05, 0.1) is 71.1 Å². The molecule has 0 aromatic heterocycles. The largest absolute Gasteiger partial charge is 0.496 e. The van der Waals surface area contributed by atoms with Crippen LogP contribution in [-0.2, 0) is 22.6 Å². The summed E-state index contributed by atoms with van der Waals surface area (Å²) in [5.74, 6) is 0.173. The third kappa shape index (κ3) is 8.92. The summed E-state index contributed by atoms with van der Waals surface area (Å²) >= 11 is 12.4. The van der Waals surface area contributed by atoms with Gasteiger partial charge in [0.2, 0.25) is 0 Å². The zero-order valence-corrected chi connectivity index (χ0v) is 30.4. The van der Waals surface area contributed by atoms with Gasteiger partial charge < -0.3 is 41.0 Å². The average molecular weight is 730 g/mol. The van der Waals surface area contributed by atoms with E-state index in [1.165, 1.54) is 37.5 Å². The summed E-state index contributed by atoms with van der Waals surface area (Å²) in [5, 5.41) is 6.81. The molecule has 2 aliphatic heterocycles. The van der Waals surface area contributed by atoms with Crippen molar-refractivity contribution in [2.75, 3.05) is 66.1 Å². The number of ether oxygens (including phenoxy) is 4. The number of methoxy groups -OCH3 is 4. The zero-order chi connectivity index (χ0) is 35.9. The first-order valence-corrected chi connectivity index (χ1v) is 17.2. The van der Waals surface area contributed by atoms with Crippen molar-refractivity contribution in [1.82, 2.24) is 20.4 Å². The summed E-state index contributed by atoms with van der Waals surface area (Å²) in [5.41, 5.74) is 15.5. The fourth-order valence-electron chi connectivity index (χ4n) is 6.65. The Morgan fingerprint density at radius 2 is 1.08 bits per heavy atom. The monoisotopic (exact) mass is 728 g/mol. The predicted molar refractivity (Wildman–Crippen MR) is 195 cm³/mol. The number of hydrogen-bond donors (Lipinski definition) is 4. The van der Waals surface area contributed by atoms with E-state index in [0.29, 0.717) is 57.1 Å². The molecular weight excluding hydrogens is 683 g/mol. The van der Waals surface area contributed by atoms with Gasteiger partial charge in [-0.05, 0) is 36.1 Å². The number of rotatable bonds is 12. The SMILES string of the molecule is COc1cc(N)c(Cl)cc1C(=O)N[C@H]1CCN(Cc2ccc(CN3CC[C@@H](NC(=O)c4cc(Cl)c(N)cc4OC)[C@@H](OC)C3)cc2)C[C@H]1OC. The lowest BCUT2D eigenvalue weighted by molar-refractivity contribution is 0.00360. The third-order valence-corrected chi connectivity index (χ3v) is 10.1. The van der Waals surface area contributed by atoms with Crippen LogP contribution in [0.25, 0.3) is 0 Å². The molecule has 50 heavy (non-hydrogen) atoms. The smallest absolute Gasteiger partial charge is 0.255 e. The molecule has 2 amide bonds. The zero-order valence-electron chi connectivity index (χ0n) is 28.8. The molecule has 3 aromatic carbocycles. The third-order valence-electron chi connectivity index (χ3n) is 9.49. The second-order valence-electron chi connectivity index (χ2n) is 12.7. The van der Waals surface area contributed by atoms with Crippen LogP contribution in [0.1, 0.15) is 44.7 Å². The fraction of sp³-hybridized carbons (Fsp3) is 0.444. The first kappa shape index (κ1) is 37.5. The van der Waals surface area contributed by atoms with Gasteiger partial charge in [-0.15, -0.1) is 0 Å². The van der Waals surface area contributed by atoms with Gasteiger partial charge in [0.25, 0.3) is 11.8 Å². The maximum Gasteiger partial charge on any atom is 0.255 e. The van der Waals surface area contributed by atoms with Gasteiger partial charge in [-0.1, -0.05) is 47.5 Å². The minimum atomic E-state index is -0.283. The molecule has 0 unspecified atom stereocenters. The number of carbonyl (C=O) groups excluding carboxylic acids is 2. The van der Waals surface area contributed by atoms with Gasteiger partial charge in [0.15, 0.2) is 0 Å². The van der Waals surface area contributed by atoms with Gasteiger partial charge in [0, 0.05) is 65.6 Å². The van der Waals surface area contributed by atoms with E-state index < -0.39 is 0 Å². The number of amides is 2. The van der Waals surface area contributed by atoms with E-state index >= 15 is 0 Å². The molecule has 0 aliphatic carbocycles. The van der Waals surface area contributed by atoms with Crippen LogP contribution in [0.5, 0.6) is 11.5 Å². The number of nitrogen functional groups attached to an aromatic ring is 2. The van der Waals surface area contributed by atoms with E-state index in [-0.39, 0.29) is 36.1 Å². The molecule has 12 nitrogen and oxygen atoms in total. The summed E-state index contributed by atoms with van der Waals surface area (Å²) < 4.78 is 22.3. The van der Waals surface area contributed by atoms with Crippen molar-refractivity contribution in [3.63, 3.8) is 0 Å². The number of piperidine rings is 2. The van der Waals surface area contributed by atoms with Gasteiger partial charge in [-0.25, -0.2) is 0 Å². The Morgan fingerprint density at radius 3 is 1.42 bits per heavy atom. The number of nitrogens with one attached hydrogen (secondary N) is 2. The summed E-state index contributed by atoms with van der Waals surface area (Å²) in [4.78, 5) is 31.0. The van der Waals surface area contributed by atoms with Gasteiger partial charge in [-0.3, -0.25) is 19.4 Å². The average Bonchev–Trinajstić information content (AvgIpc) is 3.12. The molecule has 2 fully saturated rings. The number of anilines is 2. The van der Waals surface area contributed by atoms with E-state index in [4.69, 9.17) is 53.6 Å². The molecule has 2 aliphatic rings. The minimum absolute atomic E-state index is 0.167. The topological polar surface area (TPSA) is 154 Å². The van der Waals surface area contributed by atoms with Crippen molar-refractivity contribution in [3.05, 3.63) is 80.8 Å². The highest BCUT2D eigenvalue weighted by Gasteiger charge is 2.33. The van der Waals surface area contributed by atoms with Gasteiger partial charge >= 0.3 is 0 Å². The number of hydrogen-bond acceptors (Lipinski definition) is 10. The first-order chi connectivity index (χ1) is 24.0. The highest BCUT2D eigenvalue weighted by molar-refractivity contribution is 6.34. The van der Waals surface area contributed by atoms with Crippen molar-refractivity contribution in [2.45, 2.75) is 50.2 Å². The normalized spacial score (nSPS) is 21.4. The standard InChI is InChI=1S/C36H46Cl2N6O6/c1-47-31-15-27(39)25(37)13-23(31)35(45)41-29-9-11-43(19-33(29)49-3)17-21-5-7-22(8-6-21)18-44-12-10-30(34(20-44)50-4)42-36(46)24-14-26(38)28(40)16-32(24)48-2/h5-8,13-16,29-30,33-34H,9-12,17-20,39-40H2,1-4H3,(H,41,45)(H,42,46)/t29-,30+,33+,34-. The minimum Gasteiger partial charge on any atom is -0.496 e. The number of halogens is 2. The summed E-state index contributed by atoms with van der Waals surface area (Å²) in [7, 11) is 6.32. The van der Waals surface area contributed by atoms with E-state index in [0.717, 1.165) is 39.0 Å². The Hall–Kier alpha value is -3.78. The Bertz CT molecular complexity index is 1540. The Kier molecular flexibility index (Phi) is 12.7. The maximum absolute atomic E-state index is 13.2. The highest BCUT2D eigenvalue weighted by atomic mass is 35.5. The molecular formula is C36H46Cl2N6O6. The van der Waals surface area contributed by atoms with Crippen LogP contribution in [0.2, 0.25) is 10.0 Å². The van der Waals surface area contributed by atoms with Gasteiger partial charge in [-0.2, -0.15) is 0 Å². The molecule has 270 valence electrons. The molecule has 0 bridgehead atoms. The lowest BCUT2D eigenvalue weighted by atomic mass is 9.99. The van der Waals surface area contributed by atoms with E-state index in [1.807, 2.05) is 0 Å². The van der Waals surface area contributed by atoms with Crippen LogP contribution in [0.4, 0.5) is 11.4 Å². The van der Waals surface area contributed by atoms with Crippen LogP contribution in [-0.4, -0.2) is 101 Å². The number of benzene rings is 3. The number of nitrogens with two attached hydrogens (primary N) is 2. The van der Waals surface area contributed by atoms with E-state index in [9.17, 15) is 9.59 Å². The summed E-state index contributed by atoms with van der Waals surface area (Å²) in [6, 6.07) is 14.5. The van der Waals surface area contributed by atoms with E-state index in [2.05, 4.69) is 44.7 Å². The second kappa shape index (κ2) is 17.0. The lowest BCUT2D eigenvalue weighted by Crippen LogP contribution is -2.54. The lowest BCUT2D eigenvalue weighted by Gasteiger charge is -2.38. The van der Waals surface area contributed by atoms with Crippen molar-refractivity contribution < 1.29 is 28.5 Å². The van der Waals surface area contributed by atoms with Crippen LogP contribution < -0.4 is 31.6 Å². The molecule has 4 atom stereocenters. The van der Waals surface area contributed by atoms with Crippen molar-refractivity contribution >= 4 is 46.4 Å². The second-order valence-corrected chi connectivity index (χ2v) is 13.5. The van der Waals surface area contributed by atoms with Crippen LogP contribution in [0.15, 0.2) is 48.5 Å². The first-order valence-electron chi connectivity index (χ1n) is 16.5. The Morgan fingerprint density at radius 1 is 0.700 bits per heavy atom. The molecule has 6 N–H and O–H groups in total. The van der Waals surface area contributed by atoms with Crippen LogP contribution >= 0.6 is 23.2 Å². The molecule has 5 rings (SSSR count). The Labute approximate surface area is 303 Å². The number of likely N-dealkylation sites (tertiary alicyclic amines) is 2. The molecule has 2 saturated heterocycles. The maximum atomic E-state index is 13.2. The summed E-state index contributed by atoms with van der Waals surface area (Å²) in [6.07, 6.45) is 1.09. The number of nitrogens with zero attached hydrogens (tertiary/aromatic N) is 2. The molecule has 3 aromatic rings. The number of carbonyl (C=O) groups is 2. The molecule has 14 heteroatoms. The Balaban J connectivity index is 1.11. The molecule has 0 saturated carbocycles.